The van der Waals surface area contributed by atoms with Crippen LogP contribution in [0.2, 0.25) is 0 Å². The van der Waals surface area contributed by atoms with Crippen LogP contribution in [0.1, 0.15) is 0 Å². The van der Waals surface area contributed by atoms with Gasteiger partial charge in [-0.05, 0) is 244 Å². The lowest BCUT2D eigenvalue weighted by molar-refractivity contribution is 0.601. The number of hydrogen-bond donors (Lipinski definition) is 0. The molecule has 0 heterocycles. The van der Waals surface area contributed by atoms with E-state index in [1.54, 1.807) is 0 Å². The lowest BCUT2D eigenvalue weighted by Crippen LogP contribution is -2.14. The Bertz CT molecular complexity index is 3220. The molecule has 9 rings (SSSR count). The van der Waals surface area contributed by atoms with Crippen LogP contribution in [0, 0.1) is 0 Å². The normalized spacial score (nSPS) is 11.4. The van der Waals surface area contributed by atoms with Gasteiger partial charge in [-0.25, -0.2) is 0 Å². The molecule has 0 amide bonds. The zero-order valence-electron chi connectivity index (χ0n) is 36.8. The van der Waals surface area contributed by atoms with Gasteiger partial charge in [-0.15, -0.1) is 0 Å². The quantitative estimate of drug-likeness (QED) is 0.0928. The summed E-state index contributed by atoms with van der Waals surface area (Å²) in [7, 11) is 2.80. The predicted octanol–water partition coefficient (Wildman–Crippen LogP) is 15.3. The molecule has 7 nitrogen and oxygen atoms in total. The fraction of sp³-hybridized carbons (Fsp3) is 0. The smallest absolute Gasteiger partial charge is 0.197 e. The third-order valence-corrected chi connectivity index (χ3v) is 20.6. The van der Waals surface area contributed by atoms with Crippen molar-refractivity contribution < 1.29 is 13.7 Å². The molecule has 0 spiro atoms. The maximum atomic E-state index is 12.6. The Morgan fingerprint density at radius 2 is 0.371 bits per heavy atom. The molecule has 9 aromatic rings. The first-order valence-electron chi connectivity index (χ1n) is 21.6. The van der Waals surface area contributed by atoms with Gasteiger partial charge < -0.3 is 19.6 Å². The summed E-state index contributed by atoms with van der Waals surface area (Å²) in [6.07, 6.45) is 0. The number of rotatable bonds is 15. The average molecular weight is 1080 g/mol. The molecule has 0 aromatic heterocycles. The first-order valence-corrected chi connectivity index (χ1v) is 32.4. The van der Waals surface area contributed by atoms with E-state index >= 15 is 0 Å². The summed E-state index contributed by atoms with van der Waals surface area (Å²) in [6, 6.07) is 79.1. The predicted molar refractivity (Wildman–Crippen MR) is 311 cm³/mol. The monoisotopic (exact) mass is 1080 g/mol. The van der Waals surface area contributed by atoms with Crippen LogP contribution in [0.4, 0.5) is 68.2 Å². The van der Waals surface area contributed by atoms with Crippen LogP contribution in [0.5, 0.6) is 0 Å². The van der Waals surface area contributed by atoms with Crippen molar-refractivity contribution in [2.24, 2.45) is 0 Å². The molecule has 0 aliphatic carbocycles. The van der Waals surface area contributed by atoms with Gasteiger partial charge in [0.1, 0.15) is 0 Å². The van der Waals surface area contributed by atoms with Crippen LogP contribution in [-0.4, -0.2) is 0 Å². The second-order valence-electron chi connectivity index (χ2n) is 15.4. The molecule has 3 unspecified atom stereocenters. The summed E-state index contributed by atoms with van der Waals surface area (Å²) in [5.41, 5.74) is 11.3. The fourth-order valence-electron chi connectivity index (χ4n) is 8.07. The van der Waals surface area contributed by atoms with Crippen LogP contribution in [0.3, 0.4) is 0 Å². The number of nitrogens with zero attached hydrogens (tertiary/aromatic N) is 4. The van der Waals surface area contributed by atoms with Crippen molar-refractivity contribution in [3.05, 3.63) is 237 Å². The molecular formula is C54H39N4O3P3S6. The van der Waals surface area contributed by atoms with Gasteiger partial charge in [0.15, 0.2) is 19.7 Å². The molecule has 3 atom stereocenters. The molecule has 0 aliphatic heterocycles. The maximum absolute atomic E-state index is 12.6. The summed E-state index contributed by atoms with van der Waals surface area (Å²) in [5, 5.41) is 2.10. The summed E-state index contributed by atoms with van der Waals surface area (Å²) < 4.78 is 37.7. The zero-order valence-corrected chi connectivity index (χ0v) is 44.4. The van der Waals surface area contributed by atoms with Crippen LogP contribution < -0.4 is 35.5 Å². The van der Waals surface area contributed by atoms with E-state index in [4.69, 9.17) is 33.6 Å². The first-order chi connectivity index (χ1) is 34.3. The van der Waals surface area contributed by atoms with Gasteiger partial charge in [0, 0.05) is 84.2 Å². The first kappa shape index (κ1) is 48.8. The SMILES string of the molecule is O=P(=S=S)c1ccc(N(c2ccccc2)c2ccc(N(c3ccc(N(c4ccccc4)c4ccc(P(=O)=S=S)cc4)cc3)c3ccc(N(c4ccccc4)c4ccc(P(=O)=S=S)cc4)cc3)cc2)cc1. The van der Waals surface area contributed by atoms with Crippen LogP contribution in [0.25, 0.3) is 0 Å². The Morgan fingerprint density at radius 1 is 0.229 bits per heavy atom. The number of hydrogen-bond acceptors (Lipinski definition) is 10. The zero-order chi connectivity index (χ0) is 48.4. The van der Waals surface area contributed by atoms with Gasteiger partial charge >= 0.3 is 0 Å². The minimum absolute atomic E-state index is 0.699. The molecular weight excluding hydrogens is 1040 g/mol. The average Bonchev–Trinajstić information content (AvgIpc) is 3.43. The highest BCUT2D eigenvalue weighted by atomic mass is 32.9. The topological polar surface area (TPSA) is 64.2 Å². The van der Waals surface area contributed by atoms with E-state index in [1.165, 1.54) is 0 Å². The minimum Gasteiger partial charge on any atom is -0.311 e. The van der Waals surface area contributed by atoms with Crippen molar-refractivity contribution >= 4 is 166 Å². The van der Waals surface area contributed by atoms with Crippen molar-refractivity contribution in [2.45, 2.75) is 0 Å². The molecule has 9 aromatic carbocycles. The van der Waals surface area contributed by atoms with E-state index < -0.39 is 19.7 Å². The molecule has 0 fully saturated rings. The van der Waals surface area contributed by atoms with Crippen LogP contribution >= 0.6 is 19.7 Å². The van der Waals surface area contributed by atoms with E-state index in [1.807, 2.05) is 127 Å². The van der Waals surface area contributed by atoms with Crippen molar-refractivity contribution in [3.8, 4) is 0 Å². The number of para-hydroxylation sites is 3. The molecule has 0 aliphatic rings. The van der Waals surface area contributed by atoms with Crippen molar-refractivity contribution in [1.82, 2.24) is 0 Å². The second-order valence-corrected chi connectivity index (χ2v) is 27.3. The molecule has 0 saturated heterocycles. The van der Waals surface area contributed by atoms with Crippen molar-refractivity contribution in [1.29, 1.82) is 0 Å². The molecule has 0 N–H and O–H groups in total. The van der Waals surface area contributed by atoms with Gasteiger partial charge in [-0.2, -0.15) is 0 Å². The molecule has 344 valence electrons. The summed E-state index contributed by atoms with van der Waals surface area (Å²) >= 11 is 15.1. The minimum atomic E-state index is -1.71. The van der Waals surface area contributed by atoms with Gasteiger partial charge in [0.05, 0.1) is 0 Å². The van der Waals surface area contributed by atoms with Gasteiger partial charge in [-0.3, -0.25) is 13.7 Å². The van der Waals surface area contributed by atoms with Crippen LogP contribution in [0.15, 0.2) is 237 Å². The number of benzene rings is 9. The molecule has 0 radical (unpaired) electrons. The maximum Gasteiger partial charge on any atom is 0.197 e. The third-order valence-electron chi connectivity index (χ3n) is 11.3. The van der Waals surface area contributed by atoms with E-state index in [0.29, 0.717) is 15.9 Å². The largest absolute Gasteiger partial charge is 0.311 e. The standard InChI is InChI=1S/C54H39N4O3P3S6/c59-62(68-65)52-34-28-49(29-35-52)55(40-10-4-1-5-11-40)43-16-22-46(23-17-43)58(47-24-18-44(19-25-47)56(41-12-6-2-7-13-41)50-30-36-53(37-31-50)63(60)69-66)48-26-20-45(21-27-48)57(42-14-8-3-9-15-42)51-32-38-54(39-33-51)64(61)70-67/h1-39H. The van der Waals surface area contributed by atoms with Crippen molar-refractivity contribution in [3.63, 3.8) is 0 Å². The Hall–Kier alpha value is -6.20. The lowest BCUT2D eigenvalue weighted by atomic mass is 10.1. The Kier molecular flexibility index (Phi) is 16.1. The highest BCUT2D eigenvalue weighted by Gasteiger charge is 2.20. The van der Waals surface area contributed by atoms with Gasteiger partial charge in [0.2, 0.25) is 0 Å². The Balaban J connectivity index is 1.14. The molecule has 70 heavy (non-hydrogen) atoms. The van der Waals surface area contributed by atoms with E-state index in [2.05, 4.69) is 129 Å². The summed E-state index contributed by atoms with van der Waals surface area (Å²) in [6.45, 7) is -5.14. The third kappa shape index (κ3) is 11.0. The lowest BCUT2D eigenvalue weighted by Gasteiger charge is -2.30. The van der Waals surface area contributed by atoms with E-state index in [0.717, 1.165) is 96.7 Å². The van der Waals surface area contributed by atoms with Crippen LogP contribution in [-0.2, 0) is 75.8 Å². The highest BCUT2D eigenvalue weighted by Crippen LogP contribution is 2.43. The summed E-state index contributed by atoms with van der Waals surface area (Å²) in [4.78, 5) is 8.75. The molecule has 0 bridgehead atoms. The Morgan fingerprint density at radius 3 is 0.529 bits per heavy atom. The fourth-order valence-corrected chi connectivity index (χ4v) is 13.7. The van der Waals surface area contributed by atoms with Crippen molar-refractivity contribution in [2.75, 3.05) is 19.6 Å². The van der Waals surface area contributed by atoms with E-state index in [9.17, 15) is 13.7 Å². The molecule has 0 saturated carbocycles. The Labute approximate surface area is 432 Å². The second kappa shape index (κ2) is 23.1. The van der Waals surface area contributed by atoms with Gasteiger partial charge in [0.25, 0.3) is 0 Å². The summed E-state index contributed by atoms with van der Waals surface area (Å²) in [5.74, 6) is 0. The molecule has 16 heteroatoms. The van der Waals surface area contributed by atoms with Gasteiger partial charge in [-0.1, -0.05) is 54.6 Å². The van der Waals surface area contributed by atoms with E-state index in [-0.39, 0.29) is 0 Å². The highest BCUT2D eigenvalue weighted by molar-refractivity contribution is 8.34. The number of anilines is 12.